The van der Waals surface area contributed by atoms with Gasteiger partial charge in [-0.15, -0.1) is 5.10 Å². The molecule has 0 amide bonds. The third kappa shape index (κ3) is 3.53. The molecule has 0 fully saturated rings. The van der Waals surface area contributed by atoms with E-state index in [-0.39, 0.29) is 17.7 Å². The highest BCUT2D eigenvalue weighted by Gasteiger charge is 2.16. The molecule has 0 aliphatic carbocycles. The minimum Gasteiger partial charge on any atom is -0.459 e. The average Bonchev–Trinajstić information content (AvgIpc) is 3.06. The lowest BCUT2D eigenvalue weighted by molar-refractivity contribution is 0.0475. The number of esters is 1. The Hall–Kier alpha value is -1.90. The van der Waals surface area contributed by atoms with Gasteiger partial charge in [0.25, 0.3) is 5.22 Å². The van der Waals surface area contributed by atoms with Crippen LogP contribution in [0.3, 0.4) is 0 Å². The quantitative estimate of drug-likeness (QED) is 0.576. The second-order valence-corrected chi connectivity index (χ2v) is 4.27. The SMILES string of the molecule is CCOC(=O)c1nnc(SCc2noc(CC)n2)o1. The Bertz CT molecular complexity index is 553. The van der Waals surface area contributed by atoms with Crippen LogP contribution in [0.2, 0.25) is 0 Å². The Morgan fingerprint density at radius 3 is 2.89 bits per heavy atom. The van der Waals surface area contributed by atoms with Crippen molar-refractivity contribution in [2.45, 2.75) is 31.2 Å². The fourth-order valence-corrected chi connectivity index (χ4v) is 1.77. The van der Waals surface area contributed by atoms with Crippen molar-refractivity contribution in [3.05, 3.63) is 17.6 Å². The van der Waals surface area contributed by atoms with Crippen molar-refractivity contribution in [1.29, 1.82) is 0 Å². The number of ether oxygens (including phenoxy) is 1. The van der Waals surface area contributed by atoms with Gasteiger partial charge in [-0.1, -0.05) is 28.9 Å². The number of carbonyl (C=O) groups is 1. The first-order valence-electron chi connectivity index (χ1n) is 5.67. The van der Waals surface area contributed by atoms with Crippen molar-refractivity contribution >= 4 is 17.7 Å². The van der Waals surface area contributed by atoms with Gasteiger partial charge in [-0.2, -0.15) is 4.98 Å². The minimum absolute atomic E-state index is 0.160. The van der Waals surface area contributed by atoms with Gasteiger partial charge in [-0.05, 0) is 6.92 Å². The number of hydrogen-bond donors (Lipinski definition) is 0. The summed E-state index contributed by atoms with van der Waals surface area (Å²) < 4.78 is 14.8. The monoisotopic (exact) mass is 284 g/mol. The van der Waals surface area contributed by atoms with Crippen molar-refractivity contribution < 1.29 is 18.5 Å². The molecule has 2 aromatic heterocycles. The van der Waals surface area contributed by atoms with Gasteiger partial charge in [-0.3, -0.25) is 0 Å². The first-order valence-corrected chi connectivity index (χ1v) is 6.66. The summed E-state index contributed by atoms with van der Waals surface area (Å²) in [7, 11) is 0. The number of hydrogen-bond acceptors (Lipinski definition) is 9. The van der Waals surface area contributed by atoms with Crippen LogP contribution < -0.4 is 0 Å². The van der Waals surface area contributed by atoms with Crippen molar-refractivity contribution in [2.24, 2.45) is 0 Å². The molecule has 0 N–H and O–H groups in total. The fraction of sp³-hybridized carbons (Fsp3) is 0.500. The first kappa shape index (κ1) is 13.5. The maximum atomic E-state index is 11.3. The summed E-state index contributed by atoms with van der Waals surface area (Å²) in [6.45, 7) is 3.88. The standard InChI is InChI=1S/C10H12N4O4S/c1-3-7-11-6(14-18-7)5-19-10-13-12-8(17-10)9(15)16-4-2/h3-5H2,1-2H3. The third-order valence-corrected chi connectivity index (χ3v) is 2.81. The average molecular weight is 284 g/mol. The molecule has 0 aliphatic heterocycles. The lowest BCUT2D eigenvalue weighted by Crippen LogP contribution is -2.04. The number of aromatic nitrogens is 4. The molecule has 0 atom stereocenters. The first-order chi connectivity index (χ1) is 9.22. The fourth-order valence-electron chi connectivity index (χ4n) is 1.16. The van der Waals surface area contributed by atoms with Gasteiger partial charge < -0.3 is 13.7 Å². The number of rotatable bonds is 6. The van der Waals surface area contributed by atoms with Crippen LogP contribution in [0.25, 0.3) is 0 Å². The second-order valence-electron chi connectivity index (χ2n) is 3.34. The van der Waals surface area contributed by atoms with Crippen LogP contribution in [-0.2, 0) is 16.9 Å². The van der Waals surface area contributed by atoms with Crippen LogP contribution in [0, 0.1) is 0 Å². The molecule has 0 saturated carbocycles. The topological polar surface area (TPSA) is 104 Å². The molecule has 0 unspecified atom stereocenters. The highest BCUT2D eigenvalue weighted by molar-refractivity contribution is 7.98. The summed E-state index contributed by atoms with van der Waals surface area (Å²) in [6, 6.07) is 0. The molecule has 0 aromatic carbocycles. The van der Waals surface area contributed by atoms with Crippen LogP contribution in [0.15, 0.2) is 14.2 Å². The number of thioether (sulfide) groups is 1. The summed E-state index contributed by atoms with van der Waals surface area (Å²) in [5.74, 6) is 0.751. The van der Waals surface area contributed by atoms with E-state index in [2.05, 4.69) is 20.3 Å². The highest BCUT2D eigenvalue weighted by atomic mass is 32.2. The van der Waals surface area contributed by atoms with Crippen LogP contribution in [-0.4, -0.2) is 32.9 Å². The molecule has 0 aliphatic rings. The molecule has 102 valence electrons. The number of nitrogens with zero attached hydrogens (tertiary/aromatic N) is 4. The molecule has 2 heterocycles. The second kappa shape index (κ2) is 6.32. The van der Waals surface area contributed by atoms with Gasteiger partial charge in [0.05, 0.1) is 12.4 Å². The molecular weight excluding hydrogens is 272 g/mol. The van der Waals surface area contributed by atoms with Crippen molar-refractivity contribution in [2.75, 3.05) is 6.61 Å². The van der Waals surface area contributed by atoms with Gasteiger partial charge in [0.15, 0.2) is 5.82 Å². The summed E-state index contributed by atoms with van der Waals surface area (Å²) >= 11 is 1.22. The molecule has 0 radical (unpaired) electrons. The smallest absolute Gasteiger partial charge is 0.396 e. The predicted octanol–water partition coefficient (Wildman–Crippen LogP) is 1.48. The van der Waals surface area contributed by atoms with E-state index >= 15 is 0 Å². The third-order valence-electron chi connectivity index (χ3n) is 1.99. The highest BCUT2D eigenvalue weighted by Crippen LogP contribution is 2.20. The number of carbonyl (C=O) groups excluding carboxylic acids is 1. The Kier molecular flexibility index (Phi) is 4.50. The summed E-state index contributed by atoms with van der Waals surface area (Å²) in [4.78, 5) is 15.4. The molecule has 0 saturated heterocycles. The summed E-state index contributed by atoms with van der Waals surface area (Å²) in [6.07, 6.45) is 0.686. The Morgan fingerprint density at radius 2 is 2.21 bits per heavy atom. The molecule has 19 heavy (non-hydrogen) atoms. The van der Waals surface area contributed by atoms with E-state index in [1.807, 2.05) is 6.92 Å². The summed E-state index contributed by atoms with van der Waals surface area (Å²) in [5, 5.41) is 11.4. The minimum atomic E-state index is -0.630. The van der Waals surface area contributed by atoms with Gasteiger partial charge in [0.1, 0.15) is 0 Å². The van der Waals surface area contributed by atoms with Crippen LogP contribution in [0.4, 0.5) is 0 Å². The van der Waals surface area contributed by atoms with Crippen LogP contribution >= 0.6 is 11.8 Å². The van der Waals surface area contributed by atoms with E-state index in [0.29, 0.717) is 23.9 Å². The molecule has 2 aromatic rings. The van der Waals surface area contributed by atoms with Gasteiger partial charge in [0, 0.05) is 6.42 Å². The van der Waals surface area contributed by atoms with Gasteiger partial charge >= 0.3 is 11.9 Å². The zero-order valence-corrected chi connectivity index (χ0v) is 11.3. The maximum Gasteiger partial charge on any atom is 0.396 e. The van der Waals surface area contributed by atoms with Crippen molar-refractivity contribution in [1.82, 2.24) is 20.3 Å². The normalized spacial score (nSPS) is 10.6. The zero-order chi connectivity index (χ0) is 13.7. The molecule has 8 nitrogen and oxygen atoms in total. The van der Waals surface area contributed by atoms with E-state index in [4.69, 9.17) is 13.7 Å². The van der Waals surface area contributed by atoms with E-state index in [1.165, 1.54) is 11.8 Å². The predicted molar refractivity (Wildman–Crippen MR) is 63.5 cm³/mol. The van der Waals surface area contributed by atoms with E-state index < -0.39 is 5.97 Å². The van der Waals surface area contributed by atoms with Gasteiger partial charge in [0.2, 0.25) is 5.89 Å². The molecule has 0 spiro atoms. The zero-order valence-electron chi connectivity index (χ0n) is 10.5. The largest absolute Gasteiger partial charge is 0.459 e. The van der Waals surface area contributed by atoms with E-state index in [9.17, 15) is 4.79 Å². The van der Waals surface area contributed by atoms with E-state index in [0.717, 1.165) is 0 Å². The van der Waals surface area contributed by atoms with Crippen molar-refractivity contribution in [3.8, 4) is 0 Å². The Labute approximate surface area is 112 Å². The maximum absolute atomic E-state index is 11.3. The summed E-state index contributed by atoms with van der Waals surface area (Å²) in [5.41, 5.74) is 0. The van der Waals surface area contributed by atoms with Gasteiger partial charge in [-0.25, -0.2) is 4.79 Å². The molecular formula is C10H12N4O4S. The molecule has 2 rings (SSSR count). The van der Waals surface area contributed by atoms with Crippen molar-refractivity contribution in [3.63, 3.8) is 0 Å². The van der Waals surface area contributed by atoms with E-state index in [1.54, 1.807) is 6.92 Å². The lowest BCUT2D eigenvalue weighted by atomic mass is 10.5. The van der Waals surface area contributed by atoms with Crippen LogP contribution in [0.1, 0.15) is 36.2 Å². The molecule has 0 bridgehead atoms. The molecule has 9 heteroatoms. The Morgan fingerprint density at radius 1 is 1.37 bits per heavy atom. The van der Waals surface area contributed by atoms with Crippen LogP contribution in [0.5, 0.6) is 0 Å². The number of aryl methyl sites for hydroxylation is 1. The Balaban J connectivity index is 1.91. The lowest BCUT2D eigenvalue weighted by Gasteiger charge is -1.94.